The van der Waals surface area contributed by atoms with Gasteiger partial charge in [-0.3, -0.25) is 9.59 Å². The largest absolute Gasteiger partial charge is 0.480 e. The number of hydrogen-bond acceptors (Lipinski definition) is 3. The van der Waals surface area contributed by atoms with Gasteiger partial charge in [-0.25, -0.2) is 4.79 Å². The standard InChI is InChI=1S/C14H26N2O4/c1-3-4-8-12(14(19)20)16-13(18)9-6-5-7-10-15-11(2)17/h12H,3-10H2,1-2H3,(H,15,17)(H,16,18)(H,19,20)/t12-/m0/s1. The predicted octanol–water partition coefficient (Wildman–Crippen LogP) is 1.44. The third kappa shape index (κ3) is 10.3. The van der Waals surface area contributed by atoms with Gasteiger partial charge in [0.25, 0.3) is 0 Å². The first-order chi connectivity index (χ1) is 9.47. The highest BCUT2D eigenvalue weighted by Gasteiger charge is 2.18. The molecule has 0 radical (unpaired) electrons. The summed E-state index contributed by atoms with van der Waals surface area (Å²) in [6.07, 6.45) is 4.85. The average molecular weight is 286 g/mol. The van der Waals surface area contributed by atoms with E-state index in [1.54, 1.807) is 0 Å². The molecule has 0 heterocycles. The third-order valence-electron chi connectivity index (χ3n) is 2.93. The van der Waals surface area contributed by atoms with Crippen LogP contribution in [0.4, 0.5) is 0 Å². The van der Waals surface area contributed by atoms with Gasteiger partial charge in [-0.2, -0.15) is 0 Å². The summed E-state index contributed by atoms with van der Waals surface area (Å²) in [6, 6.07) is -0.776. The Morgan fingerprint density at radius 3 is 2.35 bits per heavy atom. The van der Waals surface area contributed by atoms with E-state index in [0.717, 1.165) is 25.7 Å². The quantitative estimate of drug-likeness (QED) is 0.501. The minimum Gasteiger partial charge on any atom is -0.480 e. The van der Waals surface area contributed by atoms with Crippen molar-refractivity contribution in [2.45, 2.75) is 64.8 Å². The summed E-state index contributed by atoms with van der Waals surface area (Å²) in [6.45, 7) is 4.07. The molecule has 0 aliphatic carbocycles. The van der Waals surface area contributed by atoms with Crippen molar-refractivity contribution in [1.29, 1.82) is 0 Å². The van der Waals surface area contributed by atoms with Crippen LogP contribution in [0.25, 0.3) is 0 Å². The van der Waals surface area contributed by atoms with E-state index in [1.807, 2.05) is 6.92 Å². The van der Waals surface area contributed by atoms with Crippen molar-refractivity contribution in [1.82, 2.24) is 10.6 Å². The van der Waals surface area contributed by atoms with Crippen molar-refractivity contribution < 1.29 is 19.5 Å². The Labute approximate surface area is 120 Å². The zero-order valence-corrected chi connectivity index (χ0v) is 12.4. The summed E-state index contributed by atoms with van der Waals surface area (Å²) in [7, 11) is 0. The van der Waals surface area contributed by atoms with Crippen LogP contribution in [0.2, 0.25) is 0 Å². The molecule has 116 valence electrons. The molecule has 1 atom stereocenters. The van der Waals surface area contributed by atoms with E-state index in [9.17, 15) is 14.4 Å². The van der Waals surface area contributed by atoms with Crippen molar-refractivity contribution in [2.24, 2.45) is 0 Å². The number of hydrogen-bond donors (Lipinski definition) is 3. The summed E-state index contributed by atoms with van der Waals surface area (Å²) < 4.78 is 0. The highest BCUT2D eigenvalue weighted by atomic mass is 16.4. The molecule has 0 unspecified atom stereocenters. The van der Waals surface area contributed by atoms with E-state index in [2.05, 4.69) is 10.6 Å². The Balaban J connectivity index is 3.74. The van der Waals surface area contributed by atoms with Gasteiger partial charge in [-0.1, -0.05) is 26.2 Å². The van der Waals surface area contributed by atoms with Crippen LogP contribution < -0.4 is 10.6 Å². The SMILES string of the molecule is CCCC[C@H](NC(=O)CCCCCNC(C)=O)C(=O)O. The average Bonchev–Trinajstić information content (AvgIpc) is 2.37. The van der Waals surface area contributed by atoms with Crippen molar-refractivity contribution in [3.05, 3.63) is 0 Å². The smallest absolute Gasteiger partial charge is 0.326 e. The first-order valence-electron chi connectivity index (χ1n) is 7.24. The molecule has 0 aliphatic heterocycles. The number of unbranched alkanes of at least 4 members (excludes halogenated alkanes) is 3. The summed E-state index contributed by atoms with van der Waals surface area (Å²) in [5.41, 5.74) is 0. The van der Waals surface area contributed by atoms with Gasteiger partial charge in [0.2, 0.25) is 11.8 Å². The molecule has 0 bridgehead atoms. The van der Waals surface area contributed by atoms with Crippen LogP contribution in [0.5, 0.6) is 0 Å². The molecule has 6 nitrogen and oxygen atoms in total. The van der Waals surface area contributed by atoms with Crippen molar-refractivity contribution in [2.75, 3.05) is 6.54 Å². The minimum atomic E-state index is -0.975. The molecule has 0 spiro atoms. The zero-order chi connectivity index (χ0) is 15.4. The topological polar surface area (TPSA) is 95.5 Å². The van der Waals surface area contributed by atoms with Crippen molar-refractivity contribution >= 4 is 17.8 Å². The lowest BCUT2D eigenvalue weighted by Gasteiger charge is -2.13. The first kappa shape index (κ1) is 18.4. The Morgan fingerprint density at radius 1 is 1.10 bits per heavy atom. The van der Waals surface area contributed by atoms with E-state index < -0.39 is 12.0 Å². The second-order valence-corrected chi connectivity index (χ2v) is 4.89. The second kappa shape index (κ2) is 11.3. The van der Waals surface area contributed by atoms with Crippen LogP contribution in [-0.2, 0) is 14.4 Å². The van der Waals surface area contributed by atoms with Gasteiger partial charge in [0.05, 0.1) is 0 Å². The molecule has 0 fully saturated rings. The fourth-order valence-electron chi connectivity index (χ4n) is 1.78. The summed E-state index contributed by atoms with van der Waals surface area (Å²) in [4.78, 5) is 33.2. The molecular formula is C14H26N2O4. The van der Waals surface area contributed by atoms with E-state index in [-0.39, 0.29) is 11.8 Å². The Morgan fingerprint density at radius 2 is 1.80 bits per heavy atom. The summed E-state index contributed by atoms with van der Waals surface area (Å²) in [5, 5.41) is 14.2. The van der Waals surface area contributed by atoms with Crippen molar-refractivity contribution in [3.63, 3.8) is 0 Å². The fraction of sp³-hybridized carbons (Fsp3) is 0.786. The summed E-state index contributed by atoms with van der Waals surface area (Å²) >= 11 is 0. The van der Waals surface area contributed by atoms with E-state index >= 15 is 0 Å². The number of carbonyl (C=O) groups excluding carboxylic acids is 2. The number of rotatable bonds is 11. The lowest BCUT2D eigenvalue weighted by atomic mass is 10.1. The Kier molecular flexibility index (Phi) is 10.4. The highest BCUT2D eigenvalue weighted by Crippen LogP contribution is 2.03. The monoisotopic (exact) mass is 286 g/mol. The van der Waals surface area contributed by atoms with Gasteiger partial charge in [0, 0.05) is 19.9 Å². The normalized spacial score (nSPS) is 11.7. The van der Waals surface area contributed by atoms with E-state index in [1.165, 1.54) is 6.92 Å². The van der Waals surface area contributed by atoms with Crippen LogP contribution in [0.3, 0.4) is 0 Å². The maximum absolute atomic E-state index is 11.6. The lowest BCUT2D eigenvalue weighted by molar-refractivity contribution is -0.142. The van der Waals surface area contributed by atoms with Crippen LogP contribution in [-0.4, -0.2) is 35.5 Å². The number of carboxylic acids is 1. The molecule has 0 aromatic carbocycles. The van der Waals surface area contributed by atoms with Crippen LogP contribution in [0.15, 0.2) is 0 Å². The number of aliphatic carboxylic acids is 1. The molecule has 0 aliphatic rings. The molecule has 0 saturated carbocycles. The van der Waals surface area contributed by atoms with Gasteiger partial charge in [-0.05, 0) is 19.3 Å². The molecule has 3 N–H and O–H groups in total. The zero-order valence-electron chi connectivity index (χ0n) is 12.4. The number of carboxylic acid groups (broad SMARTS) is 1. The van der Waals surface area contributed by atoms with Crippen LogP contribution >= 0.6 is 0 Å². The maximum Gasteiger partial charge on any atom is 0.326 e. The molecular weight excluding hydrogens is 260 g/mol. The van der Waals surface area contributed by atoms with Crippen LogP contribution in [0, 0.1) is 0 Å². The number of carbonyl (C=O) groups is 3. The van der Waals surface area contributed by atoms with Crippen molar-refractivity contribution in [3.8, 4) is 0 Å². The Hall–Kier alpha value is -1.59. The van der Waals surface area contributed by atoms with E-state index in [4.69, 9.17) is 5.11 Å². The molecule has 0 aromatic heterocycles. The second-order valence-electron chi connectivity index (χ2n) is 4.89. The molecule has 6 heteroatoms. The highest BCUT2D eigenvalue weighted by molar-refractivity contribution is 5.83. The van der Waals surface area contributed by atoms with Gasteiger partial charge >= 0.3 is 5.97 Å². The first-order valence-corrected chi connectivity index (χ1v) is 7.24. The summed E-state index contributed by atoms with van der Waals surface area (Å²) in [5.74, 6) is -1.24. The lowest BCUT2D eigenvalue weighted by Crippen LogP contribution is -2.40. The van der Waals surface area contributed by atoms with Crippen LogP contribution in [0.1, 0.15) is 58.8 Å². The third-order valence-corrected chi connectivity index (χ3v) is 2.93. The van der Waals surface area contributed by atoms with Gasteiger partial charge in [0.1, 0.15) is 6.04 Å². The number of nitrogens with one attached hydrogen (secondary N) is 2. The fourth-order valence-corrected chi connectivity index (χ4v) is 1.78. The van der Waals surface area contributed by atoms with Gasteiger partial charge in [0.15, 0.2) is 0 Å². The molecule has 2 amide bonds. The predicted molar refractivity (Wildman–Crippen MR) is 76.2 cm³/mol. The molecule has 0 rings (SSSR count). The maximum atomic E-state index is 11.6. The van der Waals surface area contributed by atoms with Gasteiger partial charge < -0.3 is 15.7 Å². The Bertz CT molecular complexity index is 318. The number of amides is 2. The van der Waals surface area contributed by atoms with Gasteiger partial charge in [-0.15, -0.1) is 0 Å². The molecule has 0 saturated heterocycles. The minimum absolute atomic E-state index is 0.0528. The van der Waals surface area contributed by atoms with E-state index in [0.29, 0.717) is 25.8 Å². The molecule has 0 aromatic rings. The molecule has 20 heavy (non-hydrogen) atoms.